The molecule has 2 aromatic heterocycles. The van der Waals surface area contributed by atoms with Crippen LogP contribution in [0.5, 0.6) is 0 Å². The van der Waals surface area contributed by atoms with Crippen LogP contribution < -0.4 is 5.73 Å². The van der Waals surface area contributed by atoms with Gasteiger partial charge in [-0.3, -0.25) is 4.68 Å². The molecule has 21 heavy (non-hydrogen) atoms. The Morgan fingerprint density at radius 3 is 2.95 bits per heavy atom. The number of ether oxygens (including phenoxy) is 1. The Morgan fingerprint density at radius 1 is 1.43 bits per heavy atom. The lowest BCUT2D eigenvalue weighted by Crippen LogP contribution is -2.27. The number of nitrogens with zero attached hydrogens (tertiary/aromatic N) is 5. The Kier molecular flexibility index (Phi) is 3.98. The van der Waals surface area contributed by atoms with Crippen molar-refractivity contribution in [2.45, 2.75) is 44.8 Å². The Bertz CT molecular complexity index is 587. The minimum atomic E-state index is -0.399. The van der Waals surface area contributed by atoms with Crippen LogP contribution >= 0.6 is 0 Å². The fourth-order valence-electron chi connectivity index (χ4n) is 2.81. The lowest BCUT2D eigenvalue weighted by Gasteiger charge is -2.24. The molecule has 8 heteroatoms. The summed E-state index contributed by atoms with van der Waals surface area (Å²) in [4.78, 5) is 4.48. The van der Waals surface area contributed by atoms with E-state index in [0.717, 1.165) is 25.7 Å². The van der Waals surface area contributed by atoms with Gasteiger partial charge in [-0.1, -0.05) is 10.4 Å². The molecule has 0 atom stereocenters. The third-order valence-electron chi connectivity index (χ3n) is 3.78. The first-order chi connectivity index (χ1) is 10.3. The van der Waals surface area contributed by atoms with Gasteiger partial charge < -0.3 is 15.0 Å². The average molecular weight is 292 g/mol. The average Bonchev–Trinajstić information content (AvgIpc) is 3.19. The zero-order valence-electron chi connectivity index (χ0n) is 12.2. The topological polar surface area (TPSA) is 105 Å². The summed E-state index contributed by atoms with van der Waals surface area (Å²) in [6.45, 7) is 3.73. The molecule has 1 aliphatic rings. The van der Waals surface area contributed by atoms with Crippen molar-refractivity contribution in [3.8, 4) is 11.6 Å². The first-order valence-electron chi connectivity index (χ1n) is 7.36. The molecule has 0 aromatic carbocycles. The third-order valence-corrected chi connectivity index (χ3v) is 3.78. The molecule has 114 valence electrons. The summed E-state index contributed by atoms with van der Waals surface area (Å²) < 4.78 is 12.9. The van der Waals surface area contributed by atoms with E-state index in [-0.39, 0.29) is 0 Å². The summed E-state index contributed by atoms with van der Waals surface area (Å²) >= 11 is 0. The highest BCUT2D eigenvalue weighted by Crippen LogP contribution is 2.41. The van der Waals surface area contributed by atoms with Gasteiger partial charge >= 0.3 is 0 Å². The van der Waals surface area contributed by atoms with Gasteiger partial charge in [0.2, 0.25) is 5.82 Å². The molecule has 0 unspecified atom stereocenters. The van der Waals surface area contributed by atoms with Crippen LogP contribution in [-0.4, -0.2) is 38.3 Å². The molecular formula is C13H20N6O2. The summed E-state index contributed by atoms with van der Waals surface area (Å²) in [7, 11) is 0. The van der Waals surface area contributed by atoms with Gasteiger partial charge in [0.05, 0.1) is 12.7 Å². The first-order valence-corrected chi connectivity index (χ1v) is 7.36. The molecule has 0 bridgehead atoms. The molecule has 1 saturated carbocycles. The second-order valence-corrected chi connectivity index (χ2v) is 5.21. The van der Waals surface area contributed by atoms with Gasteiger partial charge in [0.25, 0.3) is 5.89 Å². The van der Waals surface area contributed by atoms with E-state index in [0.29, 0.717) is 37.1 Å². The van der Waals surface area contributed by atoms with Gasteiger partial charge in [-0.15, -0.1) is 5.10 Å². The van der Waals surface area contributed by atoms with Crippen LogP contribution in [0.3, 0.4) is 0 Å². The molecular weight excluding hydrogens is 272 g/mol. The van der Waals surface area contributed by atoms with Gasteiger partial charge in [0, 0.05) is 13.2 Å². The SMILES string of the molecule is CCOC1(c2noc(-c3cn(CCN)nn3)n2)CCCC1. The largest absolute Gasteiger partial charge is 0.367 e. The van der Waals surface area contributed by atoms with Crippen LogP contribution in [0.15, 0.2) is 10.7 Å². The molecule has 3 rings (SSSR count). The van der Waals surface area contributed by atoms with E-state index in [1.807, 2.05) is 6.92 Å². The third kappa shape index (κ3) is 2.68. The highest BCUT2D eigenvalue weighted by atomic mass is 16.5. The van der Waals surface area contributed by atoms with Crippen molar-refractivity contribution >= 4 is 0 Å². The monoisotopic (exact) mass is 292 g/mol. The predicted octanol–water partition coefficient (Wildman–Crippen LogP) is 1.09. The zero-order valence-corrected chi connectivity index (χ0v) is 12.2. The summed E-state index contributed by atoms with van der Waals surface area (Å²) in [5.74, 6) is 0.990. The van der Waals surface area contributed by atoms with Crippen LogP contribution in [0.2, 0.25) is 0 Å². The van der Waals surface area contributed by atoms with Crippen LogP contribution in [0.1, 0.15) is 38.4 Å². The predicted molar refractivity (Wildman–Crippen MR) is 74.1 cm³/mol. The molecule has 1 fully saturated rings. The number of rotatable bonds is 6. The second kappa shape index (κ2) is 5.90. The molecule has 0 aliphatic heterocycles. The lowest BCUT2D eigenvalue weighted by atomic mass is 10.0. The van der Waals surface area contributed by atoms with E-state index in [1.54, 1.807) is 10.9 Å². The molecule has 0 saturated heterocycles. The zero-order chi connectivity index (χ0) is 14.7. The van der Waals surface area contributed by atoms with Gasteiger partial charge in [-0.05, 0) is 32.6 Å². The van der Waals surface area contributed by atoms with Crippen molar-refractivity contribution in [3.05, 3.63) is 12.0 Å². The fourth-order valence-corrected chi connectivity index (χ4v) is 2.81. The van der Waals surface area contributed by atoms with Crippen molar-refractivity contribution < 1.29 is 9.26 Å². The maximum atomic E-state index is 5.93. The van der Waals surface area contributed by atoms with Crippen molar-refractivity contribution in [1.82, 2.24) is 25.1 Å². The fraction of sp³-hybridized carbons (Fsp3) is 0.692. The molecule has 0 spiro atoms. The molecule has 8 nitrogen and oxygen atoms in total. The van der Waals surface area contributed by atoms with Gasteiger partial charge in [-0.25, -0.2) is 0 Å². The number of hydrogen-bond acceptors (Lipinski definition) is 7. The van der Waals surface area contributed by atoms with Crippen LogP contribution in [0.25, 0.3) is 11.6 Å². The molecule has 2 aromatic rings. The number of aromatic nitrogens is 5. The van der Waals surface area contributed by atoms with Crippen molar-refractivity contribution in [3.63, 3.8) is 0 Å². The van der Waals surface area contributed by atoms with Gasteiger partial charge in [0.1, 0.15) is 5.60 Å². The standard InChI is InChI=1S/C13H20N6O2/c1-2-20-13(5-3-4-6-13)12-15-11(21-17-12)10-9-19(8-7-14)18-16-10/h9H,2-8,14H2,1H3. The number of nitrogens with two attached hydrogens (primary N) is 1. The van der Waals surface area contributed by atoms with Crippen molar-refractivity contribution in [1.29, 1.82) is 0 Å². The van der Waals surface area contributed by atoms with Crippen molar-refractivity contribution in [2.75, 3.05) is 13.2 Å². The smallest absolute Gasteiger partial charge is 0.280 e. The summed E-state index contributed by atoms with van der Waals surface area (Å²) in [6.07, 6.45) is 5.86. The van der Waals surface area contributed by atoms with Crippen molar-refractivity contribution in [2.24, 2.45) is 5.73 Å². The minimum Gasteiger partial charge on any atom is -0.367 e. The highest BCUT2D eigenvalue weighted by molar-refractivity contribution is 5.43. The van der Waals surface area contributed by atoms with Crippen LogP contribution in [0, 0.1) is 0 Å². The van der Waals surface area contributed by atoms with E-state index in [4.69, 9.17) is 15.0 Å². The Balaban J connectivity index is 1.84. The van der Waals surface area contributed by atoms with E-state index in [1.165, 1.54) is 0 Å². The molecule has 0 amide bonds. The maximum Gasteiger partial charge on any atom is 0.280 e. The van der Waals surface area contributed by atoms with Crippen LogP contribution in [0.4, 0.5) is 0 Å². The Hall–Kier alpha value is -1.80. The summed E-state index contributed by atoms with van der Waals surface area (Å²) in [6, 6.07) is 0. The highest BCUT2D eigenvalue weighted by Gasteiger charge is 2.41. The molecule has 2 N–H and O–H groups in total. The lowest BCUT2D eigenvalue weighted by molar-refractivity contribution is -0.0469. The summed E-state index contributed by atoms with van der Waals surface area (Å²) in [5, 5.41) is 12.1. The quantitative estimate of drug-likeness (QED) is 0.849. The minimum absolute atomic E-state index is 0.374. The van der Waals surface area contributed by atoms with E-state index < -0.39 is 5.60 Å². The Morgan fingerprint density at radius 2 is 2.24 bits per heavy atom. The molecule has 1 aliphatic carbocycles. The normalized spacial score (nSPS) is 17.4. The molecule has 0 radical (unpaired) electrons. The Labute approximate surface area is 122 Å². The van der Waals surface area contributed by atoms with Crippen LogP contribution in [-0.2, 0) is 16.9 Å². The van der Waals surface area contributed by atoms with E-state index in [2.05, 4.69) is 20.5 Å². The summed E-state index contributed by atoms with van der Waals surface area (Å²) in [5.41, 5.74) is 5.65. The second-order valence-electron chi connectivity index (χ2n) is 5.21. The van der Waals surface area contributed by atoms with Gasteiger partial charge in [0.15, 0.2) is 5.69 Å². The van der Waals surface area contributed by atoms with E-state index >= 15 is 0 Å². The maximum absolute atomic E-state index is 5.93. The van der Waals surface area contributed by atoms with Gasteiger partial charge in [-0.2, -0.15) is 4.98 Å². The van der Waals surface area contributed by atoms with E-state index in [9.17, 15) is 0 Å². The molecule has 2 heterocycles. The number of hydrogen-bond donors (Lipinski definition) is 1. The first kappa shape index (κ1) is 14.2.